The van der Waals surface area contributed by atoms with Gasteiger partial charge in [0.05, 0.1) is 18.6 Å². The van der Waals surface area contributed by atoms with Gasteiger partial charge in [-0.25, -0.2) is 9.98 Å². The highest BCUT2D eigenvalue weighted by Crippen LogP contribution is 2.54. The number of pyridine rings is 1. The fraction of sp³-hybridized carbons (Fsp3) is 0.400. The highest BCUT2D eigenvalue weighted by Gasteiger charge is 2.56. The molecule has 3 aliphatic heterocycles. The first-order chi connectivity index (χ1) is 13.1. The summed E-state index contributed by atoms with van der Waals surface area (Å²) in [5.41, 5.74) is 7.77. The molecule has 4 atom stereocenters. The molecule has 1 saturated heterocycles. The summed E-state index contributed by atoms with van der Waals surface area (Å²) >= 11 is 1.56. The zero-order valence-electron chi connectivity index (χ0n) is 14.9. The number of benzene rings is 1. The lowest BCUT2D eigenvalue weighted by Crippen LogP contribution is -2.55. The van der Waals surface area contributed by atoms with Crippen LogP contribution in [0.5, 0.6) is 5.75 Å². The summed E-state index contributed by atoms with van der Waals surface area (Å²) in [5.74, 6) is 1.13. The number of amidine groups is 1. The summed E-state index contributed by atoms with van der Waals surface area (Å²) in [4.78, 5) is 8.68. The lowest BCUT2D eigenvalue weighted by molar-refractivity contribution is -0.108. The van der Waals surface area contributed by atoms with Crippen LogP contribution in [0.4, 0.5) is 4.39 Å². The number of hydrogen-bond acceptors (Lipinski definition) is 6. The second kappa shape index (κ2) is 6.21. The summed E-state index contributed by atoms with van der Waals surface area (Å²) in [6.45, 7) is 2.76. The molecule has 1 aromatic heterocycles. The van der Waals surface area contributed by atoms with E-state index in [1.165, 1.54) is 6.20 Å². The molecule has 3 aliphatic rings. The molecule has 1 spiro atoms. The minimum absolute atomic E-state index is 0.00549. The van der Waals surface area contributed by atoms with Crippen LogP contribution in [0.25, 0.3) is 11.1 Å². The van der Waals surface area contributed by atoms with Gasteiger partial charge in [-0.05, 0) is 36.8 Å². The van der Waals surface area contributed by atoms with Gasteiger partial charge < -0.3 is 15.2 Å². The van der Waals surface area contributed by atoms with Crippen molar-refractivity contribution in [3.8, 4) is 16.9 Å². The lowest BCUT2D eigenvalue weighted by atomic mass is 9.70. The Kier molecular flexibility index (Phi) is 3.91. The third-order valence-electron chi connectivity index (χ3n) is 5.79. The normalized spacial score (nSPS) is 31.8. The Morgan fingerprint density at radius 2 is 2.22 bits per heavy atom. The summed E-state index contributed by atoms with van der Waals surface area (Å²) in [6.07, 6.45) is 2.32. The smallest absolute Gasteiger partial charge is 0.220 e. The Balaban J connectivity index is 1.70. The van der Waals surface area contributed by atoms with Crippen molar-refractivity contribution >= 4 is 16.9 Å². The second-order valence-electron chi connectivity index (χ2n) is 7.26. The van der Waals surface area contributed by atoms with E-state index in [0.717, 1.165) is 29.1 Å². The van der Waals surface area contributed by atoms with Gasteiger partial charge in [0.15, 0.2) is 5.17 Å². The lowest BCUT2D eigenvalue weighted by Gasteiger charge is -2.49. The Morgan fingerprint density at radius 1 is 1.33 bits per heavy atom. The Morgan fingerprint density at radius 3 is 3.00 bits per heavy atom. The number of nitrogens with zero attached hydrogens (tertiary/aromatic N) is 2. The number of ether oxygens (including phenoxy) is 2. The van der Waals surface area contributed by atoms with E-state index in [-0.39, 0.29) is 18.1 Å². The van der Waals surface area contributed by atoms with Crippen LogP contribution in [0.1, 0.15) is 18.9 Å². The molecule has 0 saturated carbocycles. The average molecular weight is 385 g/mol. The maximum atomic E-state index is 14.3. The number of fused-ring (bicyclic) bond motifs is 4. The number of aromatic nitrogens is 1. The summed E-state index contributed by atoms with van der Waals surface area (Å²) in [6, 6.07) is 9.25. The standard InChI is InChI=1S/C20H20FN3O2S/c1-11-17-16(6-8-25-11)26-15-5-4-12(13-3-2-7-23-18(13)21)9-14(15)20(17)10-27-19(22)24-20/h2-5,7,9,11,16-17H,6,8,10H2,1H3,(H2,22,24)/t11-,16?,17?,20+/m1/s1. The summed E-state index contributed by atoms with van der Waals surface area (Å²) < 4.78 is 26.5. The van der Waals surface area contributed by atoms with Crippen molar-refractivity contribution in [1.82, 2.24) is 4.98 Å². The van der Waals surface area contributed by atoms with Crippen molar-refractivity contribution in [2.45, 2.75) is 31.1 Å². The highest BCUT2D eigenvalue weighted by molar-refractivity contribution is 8.14. The second-order valence-corrected chi connectivity index (χ2v) is 8.26. The van der Waals surface area contributed by atoms with Crippen molar-refractivity contribution < 1.29 is 13.9 Å². The molecule has 0 bridgehead atoms. The number of halogens is 1. The van der Waals surface area contributed by atoms with Crippen LogP contribution < -0.4 is 10.5 Å². The predicted octanol–water partition coefficient (Wildman–Crippen LogP) is 3.33. The fourth-order valence-electron chi connectivity index (χ4n) is 4.62. The van der Waals surface area contributed by atoms with E-state index in [2.05, 4.69) is 11.9 Å². The summed E-state index contributed by atoms with van der Waals surface area (Å²) in [7, 11) is 0. The predicted molar refractivity (Wildman–Crippen MR) is 103 cm³/mol. The molecule has 0 amide bonds. The molecule has 5 nitrogen and oxygen atoms in total. The molecule has 5 rings (SSSR count). The zero-order valence-corrected chi connectivity index (χ0v) is 15.7. The van der Waals surface area contributed by atoms with E-state index in [1.54, 1.807) is 23.9 Å². The molecular weight excluding hydrogens is 365 g/mol. The molecular formula is C20H20FN3O2S. The number of rotatable bonds is 1. The van der Waals surface area contributed by atoms with Gasteiger partial charge in [-0.15, -0.1) is 0 Å². The molecule has 1 aromatic carbocycles. The van der Waals surface area contributed by atoms with Crippen molar-refractivity contribution in [2.75, 3.05) is 12.4 Å². The topological polar surface area (TPSA) is 69.7 Å². The number of nitrogens with two attached hydrogens (primary N) is 1. The van der Waals surface area contributed by atoms with E-state index in [0.29, 0.717) is 17.3 Å². The zero-order chi connectivity index (χ0) is 18.6. The Hall–Kier alpha value is -2.12. The maximum Gasteiger partial charge on any atom is 0.220 e. The third-order valence-corrected chi connectivity index (χ3v) is 6.76. The number of aliphatic imine (C=N–C) groups is 1. The maximum absolute atomic E-state index is 14.3. The molecule has 0 radical (unpaired) electrons. The molecule has 27 heavy (non-hydrogen) atoms. The summed E-state index contributed by atoms with van der Waals surface area (Å²) in [5, 5.41) is 0.581. The molecule has 2 N–H and O–H groups in total. The van der Waals surface area contributed by atoms with Gasteiger partial charge in [0, 0.05) is 29.5 Å². The van der Waals surface area contributed by atoms with E-state index in [1.807, 2.05) is 18.2 Å². The van der Waals surface area contributed by atoms with Crippen LogP contribution in [-0.4, -0.2) is 34.7 Å². The van der Waals surface area contributed by atoms with Crippen LogP contribution in [-0.2, 0) is 10.3 Å². The van der Waals surface area contributed by atoms with Crippen molar-refractivity contribution in [3.05, 3.63) is 48.0 Å². The first-order valence-electron chi connectivity index (χ1n) is 9.10. The van der Waals surface area contributed by atoms with Crippen LogP contribution in [0, 0.1) is 11.9 Å². The first kappa shape index (κ1) is 17.0. The van der Waals surface area contributed by atoms with Gasteiger partial charge in [-0.1, -0.05) is 17.8 Å². The van der Waals surface area contributed by atoms with Crippen LogP contribution in [0.3, 0.4) is 0 Å². The van der Waals surface area contributed by atoms with Crippen LogP contribution >= 0.6 is 11.8 Å². The van der Waals surface area contributed by atoms with Crippen LogP contribution in [0.15, 0.2) is 41.5 Å². The monoisotopic (exact) mass is 385 g/mol. The highest BCUT2D eigenvalue weighted by atomic mass is 32.2. The molecule has 1 fully saturated rings. The number of hydrogen-bond donors (Lipinski definition) is 1. The average Bonchev–Trinajstić information content (AvgIpc) is 3.04. The van der Waals surface area contributed by atoms with Crippen molar-refractivity contribution in [2.24, 2.45) is 16.6 Å². The van der Waals surface area contributed by atoms with Crippen LogP contribution in [0.2, 0.25) is 0 Å². The van der Waals surface area contributed by atoms with Gasteiger partial charge in [0.1, 0.15) is 17.4 Å². The molecule has 4 heterocycles. The Labute approximate surface area is 161 Å². The molecule has 2 unspecified atom stereocenters. The van der Waals surface area contributed by atoms with E-state index < -0.39 is 11.5 Å². The molecule has 0 aliphatic carbocycles. The largest absolute Gasteiger partial charge is 0.489 e. The quantitative estimate of drug-likeness (QED) is 0.763. The first-order valence-corrected chi connectivity index (χ1v) is 10.1. The SMILES string of the molecule is C[C@H]1OCCC2Oc3ccc(-c4cccnc4F)cc3[C@@]3(CSC(N)=N3)C21. The van der Waals surface area contributed by atoms with Crippen molar-refractivity contribution in [1.29, 1.82) is 0 Å². The minimum Gasteiger partial charge on any atom is -0.489 e. The molecule has 2 aromatic rings. The molecule has 140 valence electrons. The van der Waals surface area contributed by atoms with E-state index in [9.17, 15) is 4.39 Å². The molecule has 7 heteroatoms. The minimum atomic E-state index is -0.512. The Bertz CT molecular complexity index is 937. The van der Waals surface area contributed by atoms with Gasteiger partial charge in [0.2, 0.25) is 5.95 Å². The van der Waals surface area contributed by atoms with E-state index >= 15 is 0 Å². The van der Waals surface area contributed by atoms with Gasteiger partial charge in [-0.2, -0.15) is 4.39 Å². The number of thioether (sulfide) groups is 1. The van der Waals surface area contributed by atoms with Crippen molar-refractivity contribution in [3.63, 3.8) is 0 Å². The van der Waals surface area contributed by atoms with E-state index in [4.69, 9.17) is 20.2 Å². The fourth-order valence-corrected chi connectivity index (χ4v) is 5.63. The van der Waals surface area contributed by atoms with Gasteiger partial charge in [-0.3, -0.25) is 0 Å². The van der Waals surface area contributed by atoms with Gasteiger partial charge in [0.25, 0.3) is 0 Å². The third kappa shape index (κ3) is 2.56. The van der Waals surface area contributed by atoms with Gasteiger partial charge >= 0.3 is 0 Å².